The Morgan fingerprint density at radius 2 is 2.00 bits per heavy atom. The van der Waals surface area contributed by atoms with Crippen molar-refractivity contribution in [2.24, 2.45) is 17.1 Å². The third kappa shape index (κ3) is 2.71. The lowest BCUT2D eigenvalue weighted by Crippen LogP contribution is -2.43. The van der Waals surface area contributed by atoms with Crippen LogP contribution in [0.2, 0.25) is 0 Å². The minimum absolute atomic E-state index is 0.0288. The molecule has 0 aliphatic heterocycles. The number of carbonyl (C=O) groups is 1. The first kappa shape index (κ1) is 11.5. The van der Waals surface area contributed by atoms with Crippen LogP contribution in [0.15, 0.2) is 0 Å². The van der Waals surface area contributed by atoms with Crippen molar-refractivity contribution in [3.8, 4) is 0 Å². The van der Waals surface area contributed by atoms with Crippen molar-refractivity contribution in [2.75, 3.05) is 0 Å². The van der Waals surface area contributed by atoms with Gasteiger partial charge in [0.25, 0.3) is 0 Å². The second kappa shape index (κ2) is 4.30. The van der Waals surface area contributed by atoms with Gasteiger partial charge in [0.15, 0.2) is 0 Å². The zero-order valence-corrected chi connectivity index (χ0v) is 9.12. The van der Waals surface area contributed by atoms with E-state index in [0.29, 0.717) is 5.92 Å². The maximum absolute atomic E-state index is 10.7. The maximum atomic E-state index is 10.7. The molecule has 14 heavy (non-hydrogen) atoms. The molecule has 1 atom stereocenters. The third-order valence-corrected chi connectivity index (χ3v) is 3.42. The smallest absolute Gasteiger partial charge is 0.303 e. The van der Waals surface area contributed by atoms with E-state index in [1.54, 1.807) is 0 Å². The highest BCUT2D eigenvalue weighted by Crippen LogP contribution is 2.36. The number of hydrogen-bond donors (Lipinski definition) is 2. The first-order chi connectivity index (χ1) is 6.43. The third-order valence-electron chi connectivity index (χ3n) is 3.42. The molecule has 0 amide bonds. The summed E-state index contributed by atoms with van der Waals surface area (Å²) < 4.78 is 0. The fourth-order valence-electron chi connectivity index (χ4n) is 2.46. The van der Waals surface area contributed by atoms with E-state index in [9.17, 15) is 4.79 Å². The number of carboxylic acids is 1. The monoisotopic (exact) mass is 199 g/mol. The minimum Gasteiger partial charge on any atom is -0.481 e. The Hall–Kier alpha value is -0.570. The van der Waals surface area contributed by atoms with E-state index in [4.69, 9.17) is 10.8 Å². The molecule has 3 heteroatoms. The number of nitrogens with two attached hydrogens (primary N) is 1. The summed E-state index contributed by atoms with van der Waals surface area (Å²) in [5.74, 6) is -0.215. The van der Waals surface area contributed by atoms with Gasteiger partial charge in [0, 0.05) is 6.04 Å². The lowest BCUT2D eigenvalue weighted by Gasteiger charge is -2.34. The molecule has 0 spiro atoms. The molecule has 1 saturated carbocycles. The summed E-state index contributed by atoms with van der Waals surface area (Å²) in [6.45, 7) is 3.92. The fraction of sp³-hybridized carbons (Fsp3) is 0.909. The van der Waals surface area contributed by atoms with Crippen LogP contribution in [-0.4, -0.2) is 17.1 Å². The molecule has 1 unspecified atom stereocenters. The predicted octanol–water partition coefficient (Wildman–Crippen LogP) is 2.00. The molecule has 0 aromatic carbocycles. The van der Waals surface area contributed by atoms with Crippen molar-refractivity contribution in [1.82, 2.24) is 0 Å². The summed E-state index contributed by atoms with van der Waals surface area (Å²) >= 11 is 0. The summed E-state index contributed by atoms with van der Waals surface area (Å²) in [5, 5.41) is 8.79. The van der Waals surface area contributed by atoms with Gasteiger partial charge in [-0.3, -0.25) is 4.79 Å². The van der Waals surface area contributed by atoms with Gasteiger partial charge in [-0.2, -0.15) is 0 Å². The van der Waals surface area contributed by atoms with Crippen LogP contribution in [-0.2, 0) is 4.79 Å². The summed E-state index contributed by atoms with van der Waals surface area (Å²) in [6, 6.07) is 0.0288. The van der Waals surface area contributed by atoms with Crippen molar-refractivity contribution in [3.05, 3.63) is 0 Å². The largest absolute Gasteiger partial charge is 0.481 e. The van der Waals surface area contributed by atoms with E-state index in [-0.39, 0.29) is 17.9 Å². The lowest BCUT2D eigenvalue weighted by atomic mass is 9.75. The van der Waals surface area contributed by atoms with Crippen LogP contribution in [0.1, 0.15) is 46.0 Å². The molecule has 1 rings (SSSR count). The molecule has 1 aliphatic carbocycles. The Kier molecular flexibility index (Phi) is 3.53. The molecule has 0 radical (unpaired) electrons. The van der Waals surface area contributed by atoms with E-state index in [1.165, 1.54) is 25.7 Å². The molecule has 0 bridgehead atoms. The molecule has 82 valence electrons. The Labute approximate surface area is 85.7 Å². The zero-order valence-electron chi connectivity index (χ0n) is 9.12. The molecule has 3 N–H and O–H groups in total. The number of rotatable bonds is 4. The van der Waals surface area contributed by atoms with Crippen LogP contribution in [0.25, 0.3) is 0 Å². The number of carboxylic acid groups (broad SMARTS) is 1. The molecular formula is C11H21NO2. The average molecular weight is 199 g/mol. The molecular weight excluding hydrogens is 178 g/mol. The fourth-order valence-corrected chi connectivity index (χ4v) is 2.46. The zero-order chi connectivity index (χ0) is 10.8. The molecule has 0 aromatic rings. The van der Waals surface area contributed by atoms with Gasteiger partial charge in [0.2, 0.25) is 0 Å². The van der Waals surface area contributed by atoms with Crippen LogP contribution in [0.3, 0.4) is 0 Å². The second-order valence-electron chi connectivity index (χ2n) is 5.13. The second-order valence-corrected chi connectivity index (χ2v) is 5.13. The van der Waals surface area contributed by atoms with E-state index in [2.05, 4.69) is 0 Å². The topological polar surface area (TPSA) is 63.3 Å². The van der Waals surface area contributed by atoms with Gasteiger partial charge in [-0.15, -0.1) is 0 Å². The predicted molar refractivity (Wildman–Crippen MR) is 56.0 cm³/mol. The lowest BCUT2D eigenvalue weighted by molar-refractivity contribution is -0.139. The van der Waals surface area contributed by atoms with Crippen LogP contribution in [0.4, 0.5) is 0 Å². The molecule has 1 fully saturated rings. The van der Waals surface area contributed by atoms with Gasteiger partial charge in [0.1, 0.15) is 0 Å². The quantitative estimate of drug-likeness (QED) is 0.728. The summed E-state index contributed by atoms with van der Waals surface area (Å²) in [6.07, 6.45) is 5.02. The highest BCUT2D eigenvalue weighted by Gasteiger charge is 2.35. The van der Waals surface area contributed by atoms with Crippen LogP contribution in [0.5, 0.6) is 0 Å². The van der Waals surface area contributed by atoms with Crippen LogP contribution < -0.4 is 5.73 Å². The van der Waals surface area contributed by atoms with Crippen molar-refractivity contribution < 1.29 is 9.90 Å². The van der Waals surface area contributed by atoms with Crippen molar-refractivity contribution in [3.63, 3.8) is 0 Å². The molecule has 0 aromatic heterocycles. The molecule has 0 heterocycles. The number of hydrogen-bond acceptors (Lipinski definition) is 2. The van der Waals surface area contributed by atoms with Gasteiger partial charge >= 0.3 is 5.97 Å². The summed E-state index contributed by atoms with van der Waals surface area (Å²) in [5.41, 5.74) is 5.86. The van der Waals surface area contributed by atoms with E-state index in [0.717, 1.165) is 0 Å². The highest BCUT2D eigenvalue weighted by atomic mass is 16.4. The van der Waals surface area contributed by atoms with Gasteiger partial charge < -0.3 is 10.8 Å². The van der Waals surface area contributed by atoms with Gasteiger partial charge in [-0.25, -0.2) is 0 Å². The van der Waals surface area contributed by atoms with E-state index in [1.807, 2.05) is 13.8 Å². The van der Waals surface area contributed by atoms with Crippen molar-refractivity contribution >= 4 is 5.97 Å². The first-order valence-electron chi connectivity index (χ1n) is 5.41. The van der Waals surface area contributed by atoms with Gasteiger partial charge in [-0.05, 0) is 24.2 Å². The Balaban J connectivity index is 2.55. The summed E-state index contributed by atoms with van der Waals surface area (Å²) in [7, 11) is 0. The van der Waals surface area contributed by atoms with E-state index >= 15 is 0 Å². The van der Waals surface area contributed by atoms with E-state index < -0.39 is 5.97 Å². The molecule has 1 aliphatic rings. The SMILES string of the molecule is CC(C)(CC(=O)O)C(N)C1CCCC1. The highest BCUT2D eigenvalue weighted by molar-refractivity contribution is 5.67. The van der Waals surface area contributed by atoms with Crippen LogP contribution >= 0.6 is 0 Å². The van der Waals surface area contributed by atoms with Crippen molar-refractivity contribution in [2.45, 2.75) is 52.0 Å². The molecule has 3 nitrogen and oxygen atoms in total. The standard InChI is InChI=1S/C11H21NO2/c1-11(2,7-9(13)14)10(12)8-5-3-4-6-8/h8,10H,3-7,12H2,1-2H3,(H,13,14). The Bertz CT molecular complexity index is 207. The number of aliphatic carboxylic acids is 1. The van der Waals surface area contributed by atoms with Crippen LogP contribution in [0, 0.1) is 11.3 Å². The summed E-state index contributed by atoms with van der Waals surface area (Å²) in [4.78, 5) is 10.7. The first-order valence-corrected chi connectivity index (χ1v) is 5.41. The molecule has 0 saturated heterocycles. The van der Waals surface area contributed by atoms with Gasteiger partial charge in [0.05, 0.1) is 6.42 Å². The Morgan fingerprint density at radius 1 is 1.50 bits per heavy atom. The normalized spacial score (nSPS) is 21.1. The average Bonchev–Trinajstić information content (AvgIpc) is 2.51. The van der Waals surface area contributed by atoms with Gasteiger partial charge in [-0.1, -0.05) is 26.7 Å². The Morgan fingerprint density at radius 3 is 2.43 bits per heavy atom. The van der Waals surface area contributed by atoms with Crippen molar-refractivity contribution in [1.29, 1.82) is 0 Å². The maximum Gasteiger partial charge on any atom is 0.303 e. The minimum atomic E-state index is -0.747.